The number of rotatable bonds is 7. The first-order valence-electron chi connectivity index (χ1n) is 10.4. The Balaban J connectivity index is 1.48. The lowest BCUT2D eigenvalue weighted by Crippen LogP contribution is -2.29. The maximum absolute atomic E-state index is 6.17. The smallest absolute Gasteiger partial charge is 0.161 e. The fourth-order valence-electron chi connectivity index (χ4n) is 4.06. The molecule has 0 aromatic heterocycles. The Kier molecular flexibility index (Phi) is 5.89. The van der Waals surface area contributed by atoms with Crippen LogP contribution in [0.15, 0.2) is 24.3 Å². The van der Waals surface area contributed by atoms with Gasteiger partial charge in [-0.25, -0.2) is 0 Å². The predicted octanol–water partition coefficient (Wildman–Crippen LogP) is 4.47. The second-order valence-electron chi connectivity index (χ2n) is 7.95. The number of benzene rings is 1. The van der Waals surface area contributed by atoms with E-state index < -0.39 is 0 Å². The molecule has 1 saturated heterocycles. The lowest BCUT2D eigenvalue weighted by Gasteiger charge is -2.22. The van der Waals surface area contributed by atoms with Crippen LogP contribution in [0.25, 0.3) is 5.70 Å². The van der Waals surface area contributed by atoms with Crippen molar-refractivity contribution in [3.8, 4) is 11.5 Å². The van der Waals surface area contributed by atoms with Gasteiger partial charge in [0.1, 0.15) is 5.60 Å². The lowest BCUT2D eigenvalue weighted by atomic mass is 9.90. The van der Waals surface area contributed by atoms with Gasteiger partial charge >= 0.3 is 0 Å². The number of hydrogen-bond acceptors (Lipinski definition) is 5. The highest BCUT2D eigenvalue weighted by Crippen LogP contribution is 2.36. The molecule has 148 valence electrons. The largest absolute Gasteiger partial charge is 0.490 e. The number of nitrogens with one attached hydrogen (secondary N) is 1. The molecule has 1 aromatic rings. The van der Waals surface area contributed by atoms with Crippen LogP contribution in [-0.2, 0) is 9.57 Å². The fraction of sp³-hybridized carbons (Fsp3) is 0.636. The zero-order valence-electron chi connectivity index (χ0n) is 16.3. The third-order valence-electron chi connectivity index (χ3n) is 5.70. The average Bonchev–Trinajstić information content (AvgIpc) is 3.36. The van der Waals surface area contributed by atoms with E-state index in [-0.39, 0.29) is 5.60 Å². The molecule has 1 unspecified atom stereocenters. The van der Waals surface area contributed by atoms with Crippen LogP contribution in [0, 0.1) is 5.92 Å². The molecule has 4 rings (SSSR count). The minimum Gasteiger partial charge on any atom is -0.490 e. The Morgan fingerprint density at radius 3 is 2.81 bits per heavy atom. The van der Waals surface area contributed by atoms with Gasteiger partial charge in [-0.2, -0.15) is 0 Å². The summed E-state index contributed by atoms with van der Waals surface area (Å²) in [7, 11) is 0. The number of hydroxylamine groups is 1. The van der Waals surface area contributed by atoms with Gasteiger partial charge < -0.3 is 14.2 Å². The molecule has 1 aliphatic carbocycles. The molecule has 0 amide bonds. The van der Waals surface area contributed by atoms with Crippen molar-refractivity contribution in [1.29, 1.82) is 0 Å². The van der Waals surface area contributed by atoms with E-state index in [1.54, 1.807) is 0 Å². The van der Waals surface area contributed by atoms with Crippen LogP contribution in [-0.4, -0.2) is 32.0 Å². The molecule has 0 radical (unpaired) electrons. The maximum atomic E-state index is 6.17. The second-order valence-corrected chi connectivity index (χ2v) is 7.95. The van der Waals surface area contributed by atoms with Crippen molar-refractivity contribution in [3.05, 3.63) is 29.8 Å². The van der Waals surface area contributed by atoms with Crippen LogP contribution in [0.3, 0.4) is 0 Å². The van der Waals surface area contributed by atoms with Gasteiger partial charge in [-0.3, -0.25) is 10.3 Å². The first-order valence-corrected chi connectivity index (χ1v) is 10.4. The van der Waals surface area contributed by atoms with Gasteiger partial charge in [0.2, 0.25) is 0 Å². The van der Waals surface area contributed by atoms with Crippen molar-refractivity contribution >= 4 is 5.70 Å². The minimum atomic E-state index is -0.323. The van der Waals surface area contributed by atoms with E-state index in [0.29, 0.717) is 19.1 Å². The zero-order chi connectivity index (χ0) is 18.5. The molecular weight excluding hydrogens is 342 g/mol. The molecule has 2 heterocycles. The van der Waals surface area contributed by atoms with Gasteiger partial charge in [0.25, 0.3) is 0 Å². The molecule has 1 aromatic carbocycles. The van der Waals surface area contributed by atoms with Crippen LogP contribution in [0.5, 0.6) is 11.5 Å². The van der Waals surface area contributed by atoms with Crippen LogP contribution in [0.4, 0.5) is 0 Å². The molecular formula is C22H31NO4. The zero-order valence-corrected chi connectivity index (χ0v) is 16.3. The van der Waals surface area contributed by atoms with Crippen molar-refractivity contribution in [3.63, 3.8) is 0 Å². The summed E-state index contributed by atoms with van der Waals surface area (Å²) >= 11 is 0. The van der Waals surface area contributed by atoms with E-state index in [1.165, 1.54) is 32.1 Å². The van der Waals surface area contributed by atoms with Crippen molar-refractivity contribution < 1.29 is 19.0 Å². The van der Waals surface area contributed by atoms with Gasteiger partial charge in [-0.1, -0.05) is 26.2 Å². The van der Waals surface area contributed by atoms with Gasteiger partial charge in [-0.15, -0.1) is 0 Å². The summed E-state index contributed by atoms with van der Waals surface area (Å²) < 4.78 is 17.7. The molecule has 2 aliphatic heterocycles. The molecule has 0 bridgehead atoms. The van der Waals surface area contributed by atoms with Crippen molar-refractivity contribution in [2.45, 2.75) is 57.5 Å². The molecule has 5 nitrogen and oxygen atoms in total. The molecule has 1 N–H and O–H groups in total. The molecule has 1 atom stereocenters. The topological polar surface area (TPSA) is 49.0 Å². The fourth-order valence-corrected chi connectivity index (χ4v) is 4.06. The summed E-state index contributed by atoms with van der Waals surface area (Å²) in [6.07, 6.45) is 10.6. The SMILES string of the molecule is CCCOc1cc(C2=CC3(CCOC3)ON2)ccc1OCC1CCCCC1. The van der Waals surface area contributed by atoms with Crippen LogP contribution >= 0.6 is 0 Å². The van der Waals surface area contributed by atoms with E-state index in [4.69, 9.17) is 19.0 Å². The summed E-state index contributed by atoms with van der Waals surface area (Å²) in [5, 5.41) is 0. The Morgan fingerprint density at radius 1 is 1.15 bits per heavy atom. The summed E-state index contributed by atoms with van der Waals surface area (Å²) in [6, 6.07) is 6.16. The lowest BCUT2D eigenvalue weighted by molar-refractivity contribution is -0.0373. The second kappa shape index (κ2) is 8.53. The molecule has 2 fully saturated rings. The normalized spacial score (nSPS) is 25.4. The van der Waals surface area contributed by atoms with Crippen molar-refractivity contribution in [2.75, 3.05) is 26.4 Å². The highest BCUT2D eigenvalue weighted by molar-refractivity contribution is 5.68. The Morgan fingerprint density at radius 2 is 2.04 bits per heavy atom. The highest BCUT2D eigenvalue weighted by atomic mass is 16.7. The van der Waals surface area contributed by atoms with Crippen LogP contribution in [0.1, 0.15) is 57.4 Å². The van der Waals surface area contributed by atoms with Crippen LogP contribution < -0.4 is 15.0 Å². The van der Waals surface area contributed by atoms with E-state index >= 15 is 0 Å². The van der Waals surface area contributed by atoms with E-state index in [9.17, 15) is 0 Å². The van der Waals surface area contributed by atoms with Crippen molar-refractivity contribution in [2.24, 2.45) is 5.92 Å². The maximum Gasteiger partial charge on any atom is 0.161 e. The quantitative estimate of drug-likeness (QED) is 0.764. The third kappa shape index (κ3) is 4.41. The van der Waals surface area contributed by atoms with Gasteiger partial charge in [0.15, 0.2) is 11.5 Å². The van der Waals surface area contributed by atoms with E-state index in [2.05, 4.69) is 30.6 Å². The molecule has 27 heavy (non-hydrogen) atoms. The van der Waals surface area contributed by atoms with Crippen LogP contribution in [0.2, 0.25) is 0 Å². The first-order chi connectivity index (χ1) is 13.3. The number of hydrogen-bond donors (Lipinski definition) is 1. The average molecular weight is 373 g/mol. The van der Waals surface area contributed by atoms with E-state index in [0.717, 1.165) is 48.8 Å². The third-order valence-corrected chi connectivity index (χ3v) is 5.70. The standard InChI is InChI=1S/C22H31NO4/c1-2-11-25-21-13-18(19-14-22(27-23-19)10-12-24-16-22)8-9-20(21)26-15-17-6-4-3-5-7-17/h8-9,13-14,17,23H,2-7,10-12,15-16H2,1H3. The van der Waals surface area contributed by atoms with Crippen molar-refractivity contribution in [1.82, 2.24) is 5.48 Å². The van der Waals surface area contributed by atoms with Gasteiger partial charge in [-0.05, 0) is 49.5 Å². The minimum absolute atomic E-state index is 0.323. The molecule has 3 aliphatic rings. The Hall–Kier alpha value is -1.72. The summed E-state index contributed by atoms with van der Waals surface area (Å²) in [5.74, 6) is 2.33. The number of ether oxygens (including phenoxy) is 3. The molecule has 1 spiro atoms. The Labute approximate surface area is 162 Å². The molecule has 5 heteroatoms. The summed E-state index contributed by atoms with van der Waals surface area (Å²) in [6.45, 7) is 4.93. The first kappa shape index (κ1) is 18.6. The Bertz CT molecular complexity index is 660. The van der Waals surface area contributed by atoms with E-state index in [1.807, 2.05) is 6.07 Å². The predicted molar refractivity (Wildman–Crippen MR) is 105 cm³/mol. The summed E-state index contributed by atoms with van der Waals surface area (Å²) in [5.41, 5.74) is 4.78. The van der Waals surface area contributed by atoms with Gasteiger partial charge in [0.05, 0.1) is 25.5 Å². The molecule has 1 saturated carbocycles. The monoisotopic (exact) mass is 373 g/mol. The van der Waals surface area contributed by atoms with Gasteiger partial charge in [0, 0.05) is 18.6 Å². The highest BCUT2D eigenvalue weighted by Gasteiger charge is 2.39. The summed E-state index contributed by atoms with van der Waals surface area (Å²) in [4.78, 5) is 5.81.